The van der Waals surface area contributed by atoms with Crippen LogP contribution in [0, 0.1) is 0 Å². The number of benzene rings is 1. The predicted octanol–water partition coefficient (Wildman–Crippen LogP) is 2.12. The Morgan fingerprint density at radius 1 is 1.11 bits per heavy atom. The second kappa shape index (κ2) is 8.16. The molecule has 0 saturated carbocycles. The van der Waals surface area contributed by atoms with Gasteiger partial charge in [0.2, 0.25) is 10.0 Å². The van der Waals surface area contributed by atoms with Crippen LogP contribution < -0.4 is 4.74 Å². The van der Waals surface area contributed by atoms with Crippen LogP contribution in [0.1, 0.15) is 43.5 Å². The van der Waals surface area contributed by atoms with Crippen molar-refractivity contribution in [2.45, 2.75) is 50.2 Å². The van der Waals surface area contributed by atoms with E-state index in [0.29, 0.717) is 37.5 Å². The molecule has 0 N–H and O–H groups in total. The first kappa shape index (κ1) is 20.1. The number of methoxy groups -OCH3 is 1. The van der Waals surface area contributed by atoms with Gasteiger partial charge in [-0.3, -0.25) is 4.79 Å². The normalized spacial score (nSPS) is 24.6. The summed E-state index contributed by atoms with van der Waals surface area (Å²) in [5.41, 5.74) is 0.301. The SMILES string of the molecule is COc1ccc(S(=O)(=O)N2C[C@@H](C)O[C@H](C)C2)cc1C(=O)N1CCCCC1. The zero-order chi connectivity index (χ0) is 19.6. The average Bonchev–Trinajstić information content (AvgIpc) is 2.66. The fraction of sp³-hybridized carbons (Fsp3) is 0.632. The Morgan fingerprint density at radius 3 is 2.33 bits per heavy atom. The van der Waals surface area contributed by atoms with Gasteiger partial charge in [-0.1, -0.05) is 0 Å². The molecule has 1 aromatic rings. The summed E-state index contributed by atoms with van der Waals surface area (Å²) in [6, 6.07) is 4.53. The minimum absolute atomic E-state index is 0.116. The standard InChI is InChI=1S/C19H28N2O5S/c1-14-12-21(13-15(2)26-14)27(23,24)16-7-8-18(25-3)17(11-16)19(22)20-9-5-4-6-10-20/h7-8,11,14-15H,4-6,9-10,12-13H2,1-3H3/t14-,15-/m1/s1. The van der Waals surface area contributed by atoms with Crippen LogP contribution in [-0.4, -0.2) is 69.0 Å². The lowest BCUT2D eigenvalue weighted by Crippen LogP contribution is -2.48. The van der Waals surface area contributed by atoms with Crippen molar-refractivity contribution in [1.82, 2.24) is 9.21 Å². The molecular weight excluding hydrogens is 368 g/mol. The highest BCUT2D eigenvalue weighted by Crippen LogP contribution is 2.28. The third-order valence-electron chi connectivity index (χ3n) is 5.07. The fourth-order valence-electron chi connectivity index (χ4n) is 3.76. The Bertz CT molecular complexity index is 779. The van der Waals surface area contributed by atoms with Crippen LogP contribution >= 0.6 is 0 Å². The molecule has 2 atom stereocenters. The molecule has 1 amide bonds. The molecule has 0 aliphatic carbocycles. The van der Waals surface area contributed by atoms with Gasteiger partial charge in [-0.15, -0.1) is 0 Å². The van der Waals surface area contributed by atoms with Crippen LogP contribution in [0.15, 0.2) is 23.1 Å². The average molecular weight is 397 g/mol. The lowest BCUT2D eigenvalue weighted by Gasteiger charge is -2.34. The van der Waals surface area contributed by atoms with Crippen molar-refractivity contribution in [2.24, 2.45) is 0 Å². The van der Waals surface area contributed by atoms with Crippen LogP contribution in [0.25, 0.3) is 0 Å². The van der Waals surface area contributed by atoms with E-state index in [1.165, 1.54) is 23.5 Å². The highest BCUT2D eigenvalue weighted by atomic mass is 32.2. The number of sulfonamides is 1. The molecule has 0 radical (unpaired) electrons. The van der Waals surface area contributed by atoms with Crippen molar-refractivity contribution in [3.8, 4) is 5.75 Å². The minimum Gasteiger partial charge on any atom is -0.496 e. The third kappa shape index (κ3) is 4.28. The number of likely N-dealkylation sites (tertiary alicyclic amines) is 1. The van der Waals surface area contributed by atoms with Crippen molar-refractivity contribution in [2.75, 3.05) is 33.3 Å². The maximum absolute atomic E-state index is 13.1. The molecule has 7 nitrogen and oxygen atoms in total. The maximum atomic E-state index is 13.1. The molecular formula is C19H28N2O5S. The van der Waals surface area contributed by atoms with Gasteiger partial charge < -0.3 is 14.4 Å². The largest absolute Gasteiger partial charge is 0.496 e. The van der Waals surface area contributed by atoms with Crippen molar-refractivity contribution in [3.05, 3.63) is 23.8 Å². The number of piperidine rings is 1. The van der Waals surface area contributed by atoms with Gasteiger partial charge in [0.05, 0.1) is 29.8 Å². The molecule has 0 aromatic heterocycles. The molecule has 2 fully saturated rings. The van der Waals surface area contributed by atoms with Crippen LogP contribution in [0.4, 0.5) is 0 Å². The number of hydrogen-bond acceptors (Lipinski definition) is 5. The topological polar surface area (TPSA) is 76.1 Å². The first-order chi connectivity index (χ1) is 12.8. The summed E-state index contributed by atoms with van der Waals surface area (Å²) in [5, 5.41) is 0. The highest BCUT2D eigenvalue weighted by molar-refractivity contribution is 7.89. The van der Waals surface area contributed by atoms with Crippen molar-refractivity contribution in [3.63, 3.8) is 0 Å². The van der Waals surface area contributed by atoms with Gasteiger partial charge in [0, 0.05) is 26.2 Å². The third-order valence-corrected chi connectivity index (χ3v) is 6.90. The molecule has 27 heavy (non-hydrogen) atoms. The van der Waals surface area contributed by atoms with E-state index in [-0.39, 0.29) is 23.0 Å². The van der Waals surface area contributed by atoms with E-state index in [9.17, 15) is 13.2 Å². The van der Waals surface area contributed by atoms with Crippen LogP contribution in [0.3, 0.4) is 0 Å². The van der Waals surface area contributed by atoms with Crippen LogP contribution in [-0.2, 0) is 14.8 Å². The lowest BCUT2D eigenvalue weighted by molar-refractivity contribution is -0.0440. The molecule has 1 aromatic carbocycles. The Kier molecular flexibility index (Phi) is 6.08. The Morgan fingerprint density at radius 2 is 1.74 bits per heavy atom. The minimum atomic E-state index is -3.71. The van der Waals surface area contributed by atoms with E-state index < -0.39 is 10.0 Å². The second-order valence-corrected chi connectivity index (χ2v) is 9.23. The molecule has 2 saturated heterocycles. The van der Waals surface area contributed by atoms with Gasteiger partial charge in [0.25, 0.3) is 5.91 Å². The summed E-state index contributed by atoms with van der Waals surface area (Å²) in [6.07, 6.45) is 2.71. The van der Waals surface area contributed by atoms with Gasteiger partial charge in [0.1, 0.15) is 5.75 Å². The number of hydrogen-bond donors (Lipinski definition) is 0. The van der Waals surface area contributed by atoms with E-state index in [2.05, 4.69) is 0 Å². The summed E-state index contributed by atoms with van der Waals surface area (Å²) in [4.78, 5) is 14.8. The summed E-state index contributed by atoms with van der Waals surface area (Å²) in [7, 11) is -2.22. The number of ether oxygens (including phenoxy) is 2. The van der Waals surface area contributed by atoms with Crippen molar-refractivity contribution in [1.29, 1.82) is 0 Å². The molecule has 2 heterocycles. The number of amides is 1. The summed E-state index contributed by atoms with van der Waals surface area (Å²) in [6.45, 7) is 5.70. The molecule has 0 bridgehead atoms. The summed E-state index contributed by atoms with van der Waals surface area (Å²) < 4.78 is 38.7. The Balaban J connectivity index is 1.93. The summed E-state index contributed by atoms with van der Waals surface area (Å²) in [5.74, 6) is 0.223. The van der Waals surface area contributed by atoms with Crippen LogP contribution in [0.5, 0.6) is 5.75 Å². The monoisotopic (exact) mass is 396 g/mol. The highest BCUT2D eigenvalue weighted by Gasteiger charge is 2.33. The lowest BCUT2D eigenvalue weighted by atomic mass is 10.1. The van der Waals surface area contributed by atoms with Gasteiger partial charge in [0.15, 0.2) is 0 Å². The van der Waals surface area contributed by atoms with Gasteiger partial charge in [-0.05, 0) is 51.3 Å². The van der Waals surface area contributed by atoms with E-state index in [1.54, 1.807) is 11.0 Å². The zero-order valence-electron chi connectivity index (χ0n) is 16.2. The maximum Gasteiger partial charge on any atom is 0.257 e. The quantitative estimate of drug-likeness (QED) is 0.779. The fourth-order valence-corrected chi connectivity index (χ4v) is 5.38. The number of nitrogens with zero attached hydrogens (tertiary/aromatic N) is 2. The van der Waals surface area contributed by atoms with E-state index in [1.807, 2.05) is 13.8 Å². The number of morpholine rings is 1. The van der Waals surface area contributed by atoms with Crippen LogP contribution in [0.2, 0.25) is 0 Å². The molecule has 2 aliphatic heterocycles. The second-order valence-electron chi connectivity index (χ2n) is 7.29. The molecule has 0 spiro atoms. The van der Waals surface area contributed by atoms with Crippen molar-refractivity contribution >= 4 is 15.9 Å². The molecule has 8 heteroatoms. The van der Waals surface area contributed by atoms with E-state index in [4.69, 9.17) is 9.47 Å². The van der Waals surface area contributed by atoms with Gasteiger partial charge >= 0.3 is 0 Å². The number of carbonyl (C=O) groups excluding carboxylic acids is 1. The van der Waals surface area contributed by atoms with Crippen molar-refractivity contribution < 1.29 is 22.7 Å². The summed E-state index contributed by atoms with van der Waals surface area (Å²) >= 11 is 0. The number of rotatable bonds is 4. The number of carbonyl (C=O) groups is 1. The Labute approximate surface area is 161 Å². The molecule has 0 unspecified atom stereocenters. The zero-order valence-corrected chi connectivity index (χ0v) is 17.0. The first-order valence-electron chi connectivity index (χ1n) is 9.46. The molecule has 150 valence electrons. The smallest absolute Gasteiger partial charge is 0.257 e. The molecule has 2 aliphatic rings. The Hall–Kier alpha value is -1.64. The van der Waals surface area contributed by atoms with E-state index >= 15 is 0 Å². The van der Waals surface area contributed by atoms with Gasteiger partial charge in [-0.25, -0.2) is 8.42 Å². The predicted molar refractivity (Wildman–Crippen MR) is 102 cm³/mol. The van der Waals surface area contributed by atoms with Gasteiger partial charge in [-0.2, -0.15) is 4.31 Å². The molecule has 3 rings (SSSR count). The first-order valence-corrected chi connectivity index (χ1v) is 10.9. The van der Waals surface area contributed by atoms with E-state index in [0.717, 1.165) is 19.3 Å².